The van der Waals surface area contributed by atoms with Gasteiger partial charge in [-0.1, -0.05) is 17.7 Å². The molecule has 5 heteroatoms. The minimum atomic E-state index is -0.0932. The molecule has 19 heavy (non-hydrogen) atoms. The number of amides is 1. The van der Waals surface area contributed by atoms with E-state index in [0.29, 0.717) is 17.1 Å². The largest absolute Gasteiger partial charge is 0.352 e. The van der Waals surface area contributed by atoms with Gasteiger partial charge in [0.2, 0.25) is 0 Å². The lowest BCUT2D eigenvalue weighted by molar-refractivity contribution is 0.0952. The van der Waals surface area contributed by atoms with Crippen molar-refractivity contribution in [3.63, 3.8) is 0 Å². The fraction of sp³-hybridized carbons (Fsp3) is 0.286. The molecule has 0 radical (unpaired) electrons. The zero-order valence-electron chi connectivity index (χ0n) is 10.8. The zero-order valence-corrected chi connectivity index (χ0v) is 11.5. The highest BCUT2D eigenvalue weighted by Gasteiger charge is 2.04. The topological polar surface area (TPSA) is 46.9 Å². The van der Waals surface area contributed by atoms with E-state index in [1.165, 1.54) is 0 Å². The van der Waals surface area contributed by atoms with Crippen LogP contribution in [-0.4, -0.2) is 22.0 Å². The first-order chi connectivity index (χ1) is 9.15. The Kier molecular flexibility index (Phi) is 4.58. The van der Waals surface area contributed by atoms with E-state index in [1.807, 2.05) is 17.7 Å². The summed E-state index contributed by atoms with van der Waals surface area (Å²) in [6, 6.07) is 6.93. The van der Waals surface area contributed by atoms with Gasteiger partial charge in [-0.3, -0.25) is 4.79 Å². The number of halogens is 1. The van der Waals surface area contributed by atoms with Crippen LogP contribution in [0.15, 0.2) is 36.8 Å². The van der Waals surface area contributed by atoms with Crippen LogP contribution in [0.5, 0.6) is 0 Å². The highest BCUT2D eigenvalue weighted by molar-refractivity contribution is 6.30. The van der Waals surface area contributed by atoms with Crippen molar-refractivity contribution < 1.29 is 4.79 Å². The van der Waals surface area contributed by atoms with E-state index >= 15 is 0 Å². The third-order valence-corrected chi connectivity index (χ3v) is 2.96. The Bertz CT molecular complexity index is 565. The molecular formula is C14H16ClN3O. The van der Waals surface area contributed by atoms with E-state index in [-0.39, 0.29) is 5.91 Å². The maximum atomic E-state index is 11.8. The van der Waals surface area contributed by atoms with Gasteiger partial charge in [-0.05, 0) is 31.5 Å². The maximum absolute atomic E-state index is 11.8. The van der Waals surface area contributed by atoms with Gasteiger partial charge in [0.1, 0.15) is 0 Å². The number of carbonyl (C=O) groups excluding carboxylic acids is 1. The van der Waals surface area contributed by atoms with Gasteiger partial charge in [-0.2, -0.15) is 0 Å². The van der Waals surface area contributed by atoms with Crippen molar-refractivity contribution in [1.29, 1.82) is 0 Å². The van der Waals surface area contributed by atoms with Gasteiger partial charge in [-0.25, -0.2) is 4.98 Å². The normalized spacial score (nSPS) is 10.4. The molecule has 4 nitrogen and oxygen atoms in total. The molecule has 0 spiro atoms. The number of benzene rings is 1. The monoisotopic (exact) mass is 277 g/mol. The fourth-order valence-corrected chi connectivity index (χ4v) is 1.98. The van der Waals surface area contributed by atoms with Crippen LogP contribution in [0.1, 0.15) is 22.5 Å². The first kappa shape index (κ1) is 13.6. The molecule has 1 N–H and O–H groups in total. The van der Waals surface area contributed by atoms with E-state index in [2.05, 4.69) is 10.3 Å². The van der Waals surface area contributed by atoms with E-state index in [9.17, 15) is 4.79 Å². The van der Waals surface area contributed by atoms with E-state index in [4.69, 9.17) is 11.6 Å². The molecular weight excluding hydrogens is 262 g/mol. The second kappa shape index (κ2) is 6.38. The highest BCUT2D eigenvalue weighted by atomic mass is 35.5. The van der Waals surface area contributed by atoms with E-state index in [1.54, 1.807) is 30.6 Å². The van der Waals surface area contributed by atoms with E-state index < -0.39 is 0 Å². The van der Waals surface area contributed by atoms with Gasteiger partial charge in [0.25, 0.3) is 5.91 Å². The minimum Gasteiger partial charge on any atom is -0.352 e. The molecule has 0 aliphatic heterocycles. The number of aromatic nitrogens is 2. The molecule has 0 aliphatic rings. The first-order valence-electron chi connectivity index (χ1n) is 6.17. The Labute approximate surface area is 117 Å². The van der Waals surface area contributed by atoms with Gasteiger partial charge in [0.15, 0.2) is 0 Å². The van der Waals surface area contributed by atoms with Crippen LogP contribution < -0.4 is 5.32 Å². The van der Waals surface area contributed by atoms with Crippen LogP contribution in [0.3, 0.4) is 0 Å². The summed E-state index contributed by atoms with van der Waals surface area (Å²) >= 11 is 5.84. The van der Waals surface area contributed by atoms with Crippen LogP contribution in [0.2, 0.25) is 5.02 Å². The number of aryl methyl sites for hydroxylation is 2. The van der Waals surface area contributed by atoms with Crippen LogP contribution in [0.4, 0.5) is 0 Å². The summed E-state index contributed by atoms with van der Waals surface area (Å²) in [5.41, 5.74) is 1.59. The molecule has 2 rings (SSSR count). The molecule has 100 valence electrons. The summed E-state index contributed by atoms with van der Waals surface area (Å²) in [6.07, 6.45) is 4.65. The molecule has 0 saturated carbocycles. The molecule has 1 heterocycles. The van der Waals surface area contributed by atoms with Gasteiger partial charge in [-0.15, -0.1) is 0 Å². The predicted octanol–water partition coefficient (Wildman–Crippen LogP) is 2.67. The average molecular weight is 278 g/mol. The highest BCUT2D eigenvalue weighted by Crippen LogP contribution is 2.10. The quantitative estimate of drug-likeness (QED) is 0.854. The SMILES string of the molecule is Cc1cn(CCCNC(=O)c2cccc(Cl)c2)cn1. The average Bonchev–Trinajstić information content (AvgIpc) is 2.80. The number of carbonyl (C=O) groups is 1. The number of rotatable bonds is 5. The molecule has 0 saturated heterocycles. The second-order valence-electron chi connectivity index (χ2n) is 4.37. The summed E-state index contributed by atoms with van der Waals surface area (Å²) in [4.78, 5) is 16.0. The number of nitrogens with zero attached hydrogens (tertiary/aromatic N) is 2. The van der Waals surface area contributed by atoms with Crippen molar-refractivity contribution in [2.45, 2.75) is 19.9 Å². The molecule has 0 aliphatic carbocycles. The molecule has 1 aromatic carbocycles. The van der Waals surface area contributed by atoms with Crippen molar-refractivity contribution >= 4 is 17.5 Å². The van der Waals surface area contributed by atoms with Crippen molar-refractivity contribution in [2.24, 2.45) is 0 Å². The van der Waals surface area contributed by atoms with Gasteiger partial charge in [0, 0.05) is 29.9 Å². The maximum Gasteiger partial charge on any atom is 0.251 e. The zero-order chi connectivity index (χ0) is 13.7. The van der Waals surface area contributed by atoms with Crippen LogP contribution in [-0.2, 0) is 6.54 Å². The van der Waals surface area contributed by atoms with Crippen molar-refractivity contribution in [2.75, 3.05) is 6.54 Å². The van der Waals surface area contributed by atoms with Crippen molar-refractivity contribution in [1.82, 2.24) is 14.9 Å². The third-order valence-electron chi connectivity index (χ3n) is 2.73. The summed E-state index contributed by atoms with van der Waals surface area (Å²) in [7, 11) is 0. The Morgan fingerprint density at radius 2 is 2.32 bits per heavy atom. The standard InChI is InChI=1S/C14H16ClN3O/c1-11-9-18(10-17-11)7-3-6-16-14(19)12-4-2-5-13(15)8-12/h2,4-5,8-10H,3,6-7H2,1H3,(H,16,19). The molecule has 0 atom stereocenters. The molecule has 1 amide bonds. The lowest BCUT2D eigenvalue weighted by atomic mass is 10.2. The second-order valence-corrected chi connectivity index (χ2v) is 4.81. The van der Waals surface area contributed by atoms with Crippen molar-refractivity contribution in [3.05, 3.63) is 53.1 Å². The fourth-order valence-electron chi connectivity index (χ4n) is 1.79. The van der Waals surface area contributed by atoms with Gasteiger partial charge >= 0.3 is 0 Å². The number of hydrogen-bond acceptors (Lipinski definition) is 2. The van der Waals surface area contributed by atoms with Gasteiger partial charge < -0.3 is 9.88 Å². The Morgan fingerprint density at radius 1 is 1.47 bits per heavy atom. The molecule has 1 aromatic heterocycles. The number of hydrogen-bond donors (Lipinski definition) is 1. The Morgan fingerprint density at radius 3 is 3.00 bits per heavy atom. The van der Waals surface area contributed by atoms with Crippen LogP contribution >= 0.6 is 11.6 Å². The van der Waals surface area contributed by atoms with Crippen LogP contribution in [0.25, 0.3) is 0 Å². The number of nitrogens with one attached hydrogen (secondary N) is 1. The van der Waals surface area contributed by atoms with E-state index in [0.717, 1.165) is 18.7 Å². The van der Waals surface area contributed by atoms with Crippen LogP contribution in [0, 0.1) is 6.92 Å². The lowest BCUT2D eigenvalue weighted by Gasteiger charge is -2.06. The molecule has 0 unspecified atom stereocenters. The Balaban J connectivity index is 1.75. The minimum absolute atomic E-state index is 0.0932. The number of imidazole rings is 1. The summed E-state index contributed by atoms with van der Waals surface area (Å²) < 4.78 is 2.01. The molecule has 0 fully saturated rings. The third kappa shape index (κ3) is 4.10. The smallest absolute Gasteiger partial charge is 0.251 e. The Hall–Kier alpha value is -1.81. The first-order valence-corrected chi connectivity index (χ1v) is 6.55. The summed E-state index contributed by atoms with van der Waals surface area (Å²) in [5, 5.41) is 3.44. The lowest BCUT2D eigenvalue weighted by Crippen LogP contribution is -2.25. The van der Waals surface area contributed by atoms with Gasteiger partial charge in [0.05, 0.1) is 12.0 Å². The molecule has 2 aromatic rings. The molecule has 0 bridgehead atoms. The predicted molar refractivity (Wildman–Crippen MR) is 75.4 cm³/mol. The summed E-state index contributed by atoms with van der Waals surface area (Å²) in [6.45, 7) is 3.43. The van der Waals surface area contributed by atoms with Crippen molar-refractivity contribution in [3.8, 4) is 0 Å². The summed E-state index contributed by atoms with van der Waals surface area (Å²) in [5.74, 6) is -0.0932.